The normalized spacial score (nSPS) is 17.3. The monoisotopic (exact) mass is 369 g/mol. The molecular weight excluding hydrogens is 346 g/mol. The number of aliphatic carboxylic acids is 1. The number of carbonyl (C=O) groups excluding carboxylic acids is 1. The molecule has 1 heterocycles. The van der Waals surface area contributed by atoms with Gasteiger partial charge in [-0.3, -0.25) is 4.79 Å². The van der Waals surface area contributed by atoms with Crippen LogP contribution >= 0.6 is 0 Å². The Hall–Kier alpha value is -2.86. The summed E-state index contributed by atoms with van der Waals surface area (Å²) in [6.45, 7) is 1.01. The summed E-state index contributed by atoms with van der Waals surface area (Å²) in [6.07, 6.45) is 1.11. The van der Waals surface area contributed by atoms with Gasteiger partial charge in [-0.15, -0.1) is 0 Å². The molecule has 3 rings (SSSR count). The Balaban J connectivity index is 1.54. The molecule has 1 amide bonds. The van der Waals surface area contributed by atoms with Gasteiger partial charge in [-0.2, -0.15) is 0 Å². The first kappa shape index (κ1) is 18.9. The van der Waals surface area contributed by atoms with Gasteiger partial charge in [-0.1, -0.05) is 42.5 Å². The zero-order chi connectivity index (χ0) is 19.1. The Kier molecular flexibility index (Phi) is 6.44. The van der Waals surface area contributed by atoms with Crippen molar-refractivity contribution in [3.63, 3.8) is 0 Å². The summed E-state index contributed by atoms with van der Waals surface area (Å²) in [4.78, 5) is 23.6. The van der Waals surface area contributed by atoms with E-state index in [1.165, 1.54) is 0 Å². The average Bonchev–Trinajstić information content (AvgIpc) is 3.22. The van der Waals surface area contributed by atoms with E-state index in [1.54, 1.807) is 12.1 Å². The lowest BCUT2D eigenvalue weighted by atomic mass is 10.1. The minimum absolute atomic E-state index is 0.201. The van der Waals surface area contributed by atoms with Crippen molar-refractivity contribution in [1.82, 2.24) is 5.32 Å². The summed E-state index contributed by atoms with van der Waals surface area (Å²) < 4.78 is 11.0. The molecule has 0 aromatic heterocycles. The predicted molar refractivity (Wildman–Crippen MR) is 99.5 cm³/mol. The Labute approximate surface area is 158 Å². The van der Waals surface area contributed by atoms with Crippen molar-refractivity contribution < 1.29 is 24.2 Å². The van der Waals surface area contributed by atoms with Crippen molar-refractivity contribution in [3.05, 3.63) is 65.7 Å². The molecule has 2 aromatic carbocycles. The van der Waals surface area contributed by atoms with E-state index in [2.05, 4.69) is 5.32 Å². The number of hydrogen-bond acceptors (Lipinski definition) is 4. The summed E-state index contributed by atoms with van der Waals surface area (Å²) in [5.74, 6) is -0.716. The van der Waals surface area contributed by atoms with Crippen molar-refractivity contribution in [2.24, 2.45) is 0 Å². The SMILES string of the molecule is O=C(O)[C@H](Cc1ccc(OCc2ccccc2)cc1)NC(=O)[C@H]1CCCO1. The van der Waals surface area contributed by atoms with E-state index in [0.29, 0.717) is 25.4 Å². The van der Waals surface area contributed by atoms with E-state index in [4.69, 9.17) is 9.47 Å². The molecule has 2 atom stereocenters. The molecule has 2 aromatic rings. The van der Waals surface area contributed by atoms with Crippen LogP contribution < -0.4 is 10.1 Å². The van der Waals surface area contributed by atoms with E-state index < -0.39 is 18.1 Å². The number of carbonyl (C=O) groups is 2. The minimum Gasteiger partial charge on any atom is -0.489 e. The van der Waals surface area contributed by atoms with Gasteiger partial charge in [0.05, 0.1) is 0 Å². The fourth-order valence-corrected chi connectivity index (χ4v) is 2.95. The highest BCUT2D eigenvalue weighted by Gasteiger charge is 2.28. The zero-order valence-electron chi connectivity index (χ0n) is 15.0. The first-order chi connectivity index (χ1) is 13.1. The molecule has 1 aliphatic rings. The maximum Gasteiger partial charge on any atom is 0.326 e. The summed E-state index contributed by atoms with van der Waals surface area (Å²) in [7, 11) is 0. The fourth-order valence-electron chi connectivity index (χ4n) is 2.95. The number of hydrogen-bond donors (Lipinski definition) is 2. The van der Waals surface area contributed by atoms with Crippen LogP contribution in [-0.4, -0.2) is 35.7 Å². The first-order valence-corrected chi connectivity index (χ1v) is 9.02. The molecule has 1 fully saturated rings. The van der Waals surface area contributed by atoms with Gasteiger partial charge >= 0.3 is 5.97 Å². The number of carboxylic acids is 1. The molecule has 6 nitrogen and oxygen atoms in total. The van der Waals surface area contributed by atoms with Crippen LogP contribution in [0.4, 0.5) is 0 Å². The van der Waals surface area contributed by atoms with Crippen LogP contribution in [0.2, 0.25) is 0 Å². The molecule has 2 N–H and O–H groups in total. The number of carboxylic acid groups (broad SMARTS) is 1. The largest absolute Gasteiger partial charge is 0.489 e. The van der Waals surface area contributed by atoms with Gasteiger partial charge in [0.25, 0.3) is 0 Å². The number of nitrogens with one attached hydrogen (secondary N) is 1. The quantitative estimate of drug-likeness (QED) is 0.747. The second-order valence-corrected chi connectivity index (χ2v) is 6.52. The van der Waals surface area contributed by atoms with E-state index in [-0.39, 0.29) is 12.3 Å². The highest BCUT2D eigenvalue weighted by molar-refractivity contribution is 5.86. The Bertz CT molecular complexity index is 754. The van der Waals surface area contributed by atoms with Crippen LogP contribution in [-0.2, 0) is 27.4 Å². The van der Waals surface area contributed by atoms with Crippen LogP contribution in [0.15, 0.2) is 54.6 Å². The first-order valence-electron chi connectivity index (χ1n) is 9.02. The Morgan fingerprint density at radius 3 is 2.48 bits per heavy atom. The zero-order valence-corrected chi connectivity index (χ0v) is 15.0. The van der Waals surface area contributed by atoms with Crippen molar-refractivity contribution in [2.45, 2.75) is 38.0 Å². The van der Waals surface area contributed by atoms with Crippen molar-refractivity contribution >= 4 is 11.9 Å². The third kappa shape index (κ3) is 5.56. The summed E-state index contributed by atoms with van der Waals surface area (Å²) in [6, 6.07) is 16.1. The second-order valence-electron chi connectivity index (χ2n) is 6.52. The van der Waals surface area contributed by atoms with Gasteiger partial charge in [0.1, 0.15) is 24.5 Å². The number of amides is 1. The average molecular weight is 369 g/mol. The minimum atomic E-state index is -1.06. The molecule has 142 valence electrons. The smallest absolute Gasteiger partial charge is 0.326 e. The highest BCUT2D eigenvalue weighted by Crippen LogP contribution is 2.16. The molecule has 0 radical (unpaired) electrons. The standard InChI is InChI=1S/C21H23NO5/c23-20(19-7-4-12-26-19)22-18(21(24)25)13-15-8-10-17(11-9-15)27-14-16-5-2-1-3-6-16/h1-3,5-6,8-11,18-19H,4,7,12-14H2,(H,22,23)(H,24,25)/t18-,19+/m0/s1. The molecule has 1 saturated heterocycles. The van der Waals surface area contributed by atoms with Crippen LogP contribution in [0.25, 0.3) is 0 Å². The van der Waals surface area contributed by atoms with Crippen LogP contribution in [0, 0.1) is 0 Å². The molecule has 6 heteroatoms. The second kappa shape index (κ2) is 9.19. The maximum atomic E-state index is 12.1. The molecule has 0 aliphatic carbocycles. The van der Waals surface area contributed by atoms with Crippen molar-refractivity contribution in [3.8, 4) is 5.75 Å². The molecule has 0 spiro atoms. The van der Waals surface area contributed by atoms with Crippen LogP contribution in [0.5, 0.6) is 5.75 Å². The molecule has 0 saturated carbocycles. The lowest BCUT2D eigenvalue weighted by molar-refractivity contribution is -0.143. The third-order valence-electron chi connectivity index (χ3n) is 4.45. The van der Waals surface area contributed by atoms with Crippen molar-refractivity contribution in [1.29, 1.82) is 0 Å². The number of rotatable bonds is 8. The third-order valence-corrected chi connectivity index (χ3v) is 4.45. The van der Waals surface area contributed by atoms with Gasteiger partial charge in [0.15, 0.2) is 0 Å². The number of benzene rings is 2. The van der Waals surface area contributed by atoms with Gasteiger partial charge in [-0.05, 0) is 36.1 Å². The van der Waals surface area contributed by atoms with Crippen LogP contribution in [0.1, 0.15) is 24.0 Å². The molecule has 0 unspecified atom stereocenters. The molecule has 1 aliphatic heterocycles. The van der Waals surface area contributed by atoms with Gasteiger partial charge in [0, 0.05) is 13.0 Å². The van der Waals surface area contributed by atoms with Crippen molar-refractivity contribution in [2.75, 3.05) is 6.61 Å². The van der Waals surface area contributed by atoms with E-state index in [1.807, 2.05) is 42.5 Å². The lowest BCUT2D eigenvalue weighted by Gasteiger charge is -2.17. The molecular formula is C21H23NO5. The van der Waals surface area contributed by atoms with Crippen LogP contribution in [0.3, 0.4) is 0 Å². The van der Waals surface area contributed by atoms with E-state index in [0.717, 1.165) is 17.5 Å². The fraction of sp³-hybridized carbons (Fsp3) is 0.333. The van der Waals surface area contributed by atoms with Gasteiger partial charge in [0.2, 0.25) is 5.91 Å². The summed E-state index contributed by atoms with van der Waals surface area (Å²) in [5, 5.41) is 12.0. The number of ether oxygens (including phenoxy) is 2. The van der Waals surface area contributed by atoms with Gasteiger partial charge in [-0.25, -0.2) is 4.79 Å². The van der Waals surface area contributed by atoms with E-state index in [9.17, 15) is 14.7 Å². The topological polar surface area (TPSA) is 84.9 Å². The maximum absolute atomic E-state index is 12.1. The molecule has 0 bridgehead atoms. The lowest BCUT2D eigenvalue weighted by Crippen LogP contribution is -2.46. The molecule has 27 heavy (non-hydrogen) atoms. The van der Waals surface area contributed by atoms with Gasteiger partial charge < -0.3 is 19.9 Å². The van der Waals surface area contributed by atoms with E-state index >= 15 is 0 Å². The highest BCUT2D eigenvalue weighted by atomic mass is 16.5. The Morgan fingerprint density at radius 2 is 1.85 bits per heavy atom. The summed E-state index contributed by atoms with van der Waals surface area (Å²) in [5.41, 5.74) is 1.88. The predicted octanol–water partition coefficient (Wildman–Crippen LogP) is 2.56. The Morgan fingerprint density at radius 1 is 1.11 bits per heavy atom. The summed E-state index contributed by atoms with van der Waals surface area (Å²) >= 11 is 0.